The molecule has 6 heteroatoms. The number of rotatable bonds is 4. The smallest absolute Gasteiger partial charge is 0.242 e. The molecule has 0 radical (unpaired) electrons. The summed E-state index contributed by atoms with van der Waals surface area (Å²) in [7, 11) is 0. The second-order valence-corrected chi connectivity index (χ2v) is 4.41. The highest BCUT2D eigenvalue weighted by Gasteiger charge is 2.16. The molecule has 0 aliphatic carbocycles. The molecule has 2 aromatic rings. The Morgan fingerprint density at radius 2 is 2.15 bits per heavy atom. The van der Waals surface area contributed by atoms with Gasteiger partial charge in [0, 0.05) is 13.1 Å². The number of para-hydroxylation sites is 1. The summed E-state index contributed by atoms with van der Waals surface area (Å²) in [6.07, 6.45) is 0. The number of likely N-dealkylation sites (N-methyl/N-ethyl adjacent to an activating group) is 1. The standard InChI is InChI=1S/C14H17N5O/c1-3-18(4-2)12(20)9-19-11-7-5-6-10(8-15)13(11)17-14(19)16/h5-7H,3-4,9H2,1-2H3,(H2,16,17). The molecule has 104 valence electrons. The van der Waals surface area contributed by atoms with Gasteiger partial charge in [0.1, 0.15) is 18.1 Å². The van der Waals surface area contributed by atoms with E-state index in [0.717, 1.165) is 0 Å². The predicted octanol–water partition coefficient (Wildman–Crippen LogP) is 1.36. The van der Waals surface area contributed by atoms with Gasteiger partial charge in [-0.2, -0.15) is 5.26 Å². The molecule has 1 heterocycles. The van der Waals surface area contributed by atoms with E-state index in [0.29, 0.717) is 29.7 Å². The van der Waals surface area contributed by atoms with Gasteiger partial charge in [0.05, 0.1) is 11.1 Å². The summed E-state index contributed by atoms with van der Waals surface area (Å²) in [6.45, 7) is 5.32. The molecule has 1 aromatic heterocycles. The Labute approximate surface area is 117 Å². The fourth-order valence-electron chi connectivity index (χ4n) is 2.23. The summed E-state index contributed by atoms with van der Waals surface area (Å²) in [5.41, 5.74) is 7.59. The Morgan fingerprint density at radius 1 is 1.45 bits per heavy atom. The Balaban J connectivity index is 2.43. The number of hydrogen-bond donors (Lipinski definition) is 1. The van der Waals surface area contributed by atoms with Crippen molar-refractivity contribution in [1.29, 1.82) is 5.26 Å². The van der Waals surface area contributed by atoms with Gasteiger partial charge < -0.3 is 15.2 Å². The van der Waals surface area contributed by atoms with Crippen LogP contribution in [0.1, 0.15) is 19.4 Å². The second-order valence-electron chi connectivity index (χ2n) is 4.41. The highest BCUT2D eigenvalue weighted by Crippen LogP contribution is 2.21. The normalized spacial score (nSPS) is 10.4. The molecule has 0 atom stereocenters. The lowest BCUT2D eigenvalue weighted by Gasteiger charge is -2.19. The van der Waals surface area contributed by atoms with E-state index in [9.17, 15) is 4.79 Å². The van der Waals surface area contributed by atoms with Gasteiger partial charge in [0.25, 0.3) is 0 Å². The van der Waals surface area contributed by atoms with Crippen LogP contribution in [0.15, 0.2) is 18.2 Å². The molecule has 0 saturated heterocycles. The van der Waals surface area contributed by atoms with Gasteiger partial charge in [0.2, 0.25) is 11.9 Å². The number of anilines is 1. The lowest BCUT2D eigenvalue weighted by Crippen LogP contribution is -2.33. The summed E-state index contributed by atoms with van der Waals surface area (Å²) < 4.78 is 1.65. The molecule has 20 heavy (non-hydrogen) atoms. The number of amides is 1. The van der Waals surface area contributed by atoms with Crippen molar-refractivity contribution in [2.45, 2.75) is 20.4 Å². The van der Waals surface area contributed by atoms with Crippen LogP contribution in [0.2, 0.25) is 0 Å². The van der Waals surface area contributed by atoms with Crippen LogP contribution in [0.3, 0.4) is 0 Å². The molecule has 1 amide bonds. The van der Waals surface area contributed by atoms with Crippen LogP contribution in [0.25, 0.3) is 11.0 Å². The molecular weight excluding hydrogens is 254 g/mol. The lowest BCUT2D eigenvalue weighted by atomic mass is 10.2. The average molecular weight is 271 g/mol. The van der Waals surface area contributed by atoms with Gasteiger partial charge in [-0.15, -0.1) is 0 Å². The van der Waals surface area contributed by atoms with Crippen LogP contribution in [-0.2, 0) is 11.3 Å². The van der Waals surface area contributed by atoms with Gasteiger partial charge in [0.15, 0.2) is 0 Å². The first kappa shape index (κ1) is 13.9. The van der Waals surface area contributed by atoms with Gasteiger partial charge >= 0.3 is 0 Å². The van der Waals surface area contributed by atoms with Gasteiger partial charge in [-0.1, -0.05) is 6.07 Å². The number of carbonyl (C=O) groups excluding carboxylic acids is 1. The summed E-state index contributed by atoms with van der Waals surface area (Å²) in [6, 6.07) is 7.35. The number of fused-ring (bicyclic) bond motifs is 1. The Morgan fingerprint density at radius 3 is 2.75 bits per heavy atom. The zero-order valence-electron chi connectivity index (χ0n) is 11.6. The van der Waals surface area contributed by atoms with Crippen molar-refractivity contribution in [2.24, 2.45) is 0 Å². The number of imidazole rings is 1. The average Bonchev–Trinajstić information content (AvgIpc) is 2.76. The minimum absolute atomic E-state index is 0.0108. The van der Waals surface area contributed by atoms with Crippen molar-refractivity contribution in [3.63, 3.8) is 0 Å². The third-order valence-corrected chi connectivity index (χ3v) is 3.34. The molecule has 1 aromatic carbocycles. The number of aromatic nitrogens is 2. The SMILES string of the molecule is CCN(CC)C(=O)Cn1c(N)nc2c(C#N)cccc21. The number of benzene rings is 1. The van der Waals surface area contributed by atoms with E-state index in [4.69, 9.17) is 11.0 Å². The van der Waals surface area contributed by atoms with Crippen LogP contribution >= 0.6 is 0 Å². The van der Waals surface area contributed by atoms with Crippen molar-refractivity contribution in [3.05, 3.63) is 23.8 Å². The van der Waals surface area contributed by atoms with Crippen LogP contribution < -0.4 is 5.73 Å². The molecule has 0 saturated carbocycles. The molecule has 2 rings (SSSR count). The summed E-state index contributed by atoms with van der Waals surface area (Å²) in [5, 5.41) is 9.07. The maximum absolute atomic E-state index is 12.2. The Kier molecular flexibility index (Phi) is 3.89. The van der Waals surface area contributed by atoms with Crippen molar-refractivity contribution in [2.75, 3.05) is 18.8 Å². The van der Waals surface area contributed by atoms with Crippen LogP contribution in [0.4, 0.5) is 5.95 Å². The third-order valence-electron chi connectivity index (χ3n) is 3.34. The number of nitrogens with two attached hydrogens (primary N) is 1. The monoisotopic (exact) mass is 271 g/mol. The largest absolute Gasteiger partial charge is 0.369 e. The zero-order valence-corrected chi connectivity index (χ0v) is 11.6. The maximum atomic E-state index is 12.2. The zero-order chi connectivity index (χ0) is 14.7. The van der Waals surface area contributed by atoms with E-state index < -0.39 is 0 Å². The van der Waals surface area contributed by atoms with E-state index in [1.807, 2.05) is 19.9 Å². The van der Waals surface area contributed by atoms with Gasteiger partial charge in [-0.25, -0.2) is 4.98 Å². The molecule has 2 N–H and O–H groups in total. The summed E-state index contributed by atoms with van der Waals surface area (Å²) in [4.78, 5) is 18.1. The van der Waals surface area contributed by atoms with E-state index >= 15 is 0 Å². The molecule has 0 bridgehead atoms. The van der Waals surface area contributed by atoms with Crippen LogP contribution in [0, 0.1) is 11.3 Å². The third kappa shape index (κ3) is 2.30. The summed E-state index contributed by atoms with van der Waals surface area (Å²) >= 11 is 0. The van der Waals surface area contributed by atoms with Crippen molar-refractivity contribution in [3.8, 4) is 6.07 Å². The highest BCUT2D eigenvalue weighted by atomic mass is 16.2. The Hall–Kier alpha value is -2.55. The first-order valence-electron chi connectivity index (χ1n) is 6.54. The quantitative estimate of drug-likeness (QED) is 0.909. The fourth-order valence-corrected chi connectivity index (χ4v) is 2.23. The van der Waals surface area contributed by atoms with Gasteiger partial charge in [-0.05, 0) is 26.0 Å². The molecule has 6 nitrogen and oxygen atoms in total. The van der Waals surface area contributed by atoms with Crippen LogP contribution in [0.5, 0.6) is 0 Å². The first-order chi connectivity index (χ1) is 9.62. The van der Waals surface area contributed by atoms with E-state index in [1.165, 1.54) is 0 Å². The molecular formula is C14H17N5O. The maximum Gasteiger partial charge on any atom is 0.242 e. The number of carbonyl (C=O) groups is 1. The number of nitrogens with zero attached hydrogens (tertiary/aromatic N) is 4. The van der Waals surface area contributed by atoms with Crippen molar-refractivity contribution >= 4 is 22.9 Å². The minimum atomic E-state index is -0.0108. The number of nitrogen functional groups attached to an aromatic ring is 1. The fraction of sp³-hybridized carbons (Fsp3) is 0.357. The summed E-state index contributed by atoms with van der Waals surface area (Å²) in [5.74, 6) is 0.242. The van der Waals surface area contributed by atoms with E-state index in [2.05, 4.69) is 11.1 Å². The Bertz CT molecular complexity index is 679. The van der Waals surface area contributed by atoms with Gasteiger partial charge in [-0.3, -0.25) is 4.79 Å². The van der Waals surface area contributed by atoms with Crippen molar-refractivity contribution < 1.29 is 4.79 Å². The number of hydrogen-bond acceptors (Lipinski definition) is 4. The first-order valence-corrected chi connectivity index (χ1v) is 6.54. The van der Waals surface area contributed by atoms with E-state index in [-0.39, 0.29) is 18.4 Å². The molecule has 0 unspecified atom stereocenters. The van der Waals surface area contributed by atoms with E-state index in [1.54, 1.807) is 21.6 Å². The highest BCUT2D eigenvalue weighted by molar-refractivity contribution is 5.86. The predicted molar refractivity (Wildman–Crippen MR) is 76.8 cm³/mol. The minimum Gasteiger partial charge on any atom is -0.369 e. The van der Waals surface area contributed by atoms with Crippen molar-refractivity contribution in [1.82, 2.24) is 14.5 Å². The molecule has 0 aliphatic heterocycles. The second kappa shape index (κ2) is 5.61. The molecule has 0 fully saturated rings. The van der Waals surface area contributed by atoms with Crippen LogP contribution in [-0.4, -0.2) is 33.4 Å². The number of nitriles is 1. The molecule has 0 aliphatic rings. The topological polar surface area (TPSA) is 87.9 Å². The lowest BCUT2D eigenvalue weighted by molar-refractivity contribution is -0.131. The molecule has 0 spiro atoms.